The van der Waals surface area contributed by atoms with E-state index in [2.05, 4.69) is 52.2 Å². The maximum atomic E-state index is 14.7. The van der Waals surface area contributed by atoms with Gasteiger partial charge in [0.15, 0.2) is 5.96 Å². The zero-order valence-corrected chi connectivity index (χ0v) is 44.6. The third-order valence-corrected chi connectivity index (χ3v) is 13.9. The molecule has 77 heavy (non-hydrogen) atoms. The SMILES string of the molecule is CC[C@H](C)[C@H](NC(=O)[C@@H](N)Cc1c[nH]c2ccccc12)C(=O)N[C@@H](Cc1c[nH]c2ccccc12)C(=O)N[C@H](C(=O)N[C@@H](CC(C)C)C(=O)N[C@@H](Cc1c[nH]c2ccccc12)C(=O)N[C@@H](CCCNC(=N)N)C(=O)O)C(C)C. The number of hydrogen-bond acceptors (Lipinski definition) is 9. The molecule has 0 aliphatic heterocycles. The van der Waals surface area contributed by atoms with Crippen molar-refractivity contribution in [1.29, 1.82) is 5.41 Å². The third-order valence-electron chi connectivity index (χ3n) is 13.9. The highest BCUT2D eigenvalue weighted by Gasteiger charge is 2.36. The number of nitrogens with one attached hydrogen (secondary N) is 11. The number of guanidine groups is 1. The van der Waals surface area contributed by atoms with Crippen molar-refractivity contribution in [1.82, 2.24) is 52.2 Å². The molecule has 3 heterocycles. The van der Waals surface area contributed by atoms with Crippen LogP contribution in [-0.2, 0) is 52.8 Å². The summed E-state index contributed by atoms with van der Waals surface area (Å²) in [6, 6.07) is 14.0. The van der Waals surface area contributed by atoms with E-state index in [0.717, 1.165) is 38.3 Å². The average Bonchev–Trinajstić information content (AvgIpc) is 4.14. The second-order valence-corrected chi connectivity index (χ2v) is 20.6. The zero-order valence-electron chi connectivity index (χ0n) is 44.6. The van der Waals surface area contributed by atoms with Crippen molar-refractivity contribution in [3.05, 3.63) is 108 Å². The molecular formula is C56H75N13O8. The Kier molecular flexibility index (Phi) is 20.4. The number of carbonyl (C=O) groups is 7. The molecule has 0 spiro atoms. The van der Waals surface area contributed by atoms with Crippen molar-refractivity contribution in [2.24, 2.45) is 29.2 Å². The Morgan fingerprint density at radius 1 is 0.558 bits per heavy atom. The predicted molar refractivity (Wildman–Crippen MR) is 296 cm³/mol. The quantitative estimate of drug-likeness (QED) is 0.0192. The highest BCUT2D eigenvalue weighted by atomic mass is 16.4. The summed E-state index contributed by atoms with van der Waals surface area (Å²) in [7, 11) is 0. The molecule has 0 saturated heterocycles. The zero-order chi connectivity index (χ0) is 55.9. The van der Waals surface area contributed by atoms with Crippen LogP contribution in [0.2, 0.25) is 0 Å². The van der Waals surface area contributed by atoms with Gasteiger partial charge in [-0.25, -0.2) is 4.79 Å². The van der Waals surface area contributed by atoms with Gasteiger partial charge in [0, 0.05) is 70.7 Å². The number of rotatable bonds is 28. The number of aromatic amines is 3. The van der Waals surface area contributed by atoms with Crippen LogP contribution in [0.5, 0.6) is 0 Å². The minimum absolute atomic E-state index is 0.00735. The van der Waals surface area contributed by atoms with Crippen LogP contribution in [0, 0.1) is 23.2 Å². The molecule has 412 valence electrons. The minimum Gasteiger partial charge on any atom is -0.480 e. The van der Waals surface area contributed by atoms with E-state index < -0.39 is 89.6 Å². The van der Waals surface area contributed by atoms with Crippen LogP contribution in [-0.4, -0.2) is 116 Å². The van der Waals surface area contributed by atoms with Gasteiger partial charge in [-0.15, -0.1) is 0 Å². The van der Waals surface area contributed by atoms with Crippen molar-refractivity contribution >= 4 is 80.1 Å². The van der Waals surface area contributed by atoms with E-state index in [0.29, 0.717) is 17.5 Å². The van der Waals surface area contributed by atoms with E-state index in [-0.39, 0.29) is 62.9 Å². The lowest BCUT2D eigenvalue weighted by Crippen LogP contribution is -2.61. The molecule has 21 nitrogen and oxygen atoms in total. The summed E-state index contributed by atoms with van der Waals surface area (Å²) >= 11 is 0. The van der Waals surface area contributed by atoms with Crippen LogP contribution in [0.4, 0.5) is 0 Å². The molecule has 6 aromatic rings. The Labute approximate surface area is 447 Å². The summed E-state index contributed by atoms with van der Waals surface area (Å²) in [6.45, 7) is 11.0. The summed E-state index contributed by atoms with van der Waals surface area (Å²) in [4.78, 5) is 108. The number of para-hydroxylation sites is 3. The number of amides is 6. The van der Waals surface area contributed by atoms with Gasteiger partial charge in [-0.3, -0.25) is 34.2 Å². The van der Waals surface area contributed by atoms with E-state index >= 15 is 0 Å². The van der Waals surface area contributed by atoms with E-state index in [1.54, 1.807) is 32.4 Å². The third kappa shape index (κ3) is 15.7. The van der Waals surface area contributed by atoms with Gasteiger partial charge in [0.05, 0.1) is 6.04 Å². The van der Waals surface area contributed by atoms with Crippen molar-refractivity contribution in [2.45, 2.75) is 129 Å². The molecule has 0 bridgehead atoms. The summed E-state index contributed by atoms with van der Waals surface area (Å²) in [5, 5.41) is 39.4. The molecule has 21 heteroatoms. The number of fused-ring (bicyclic) bond motifs is 3. The highest BCUT2D eigenvalue weighted by molar-refractivity contribution is 5.98. The van der Waals surface area contributed by atoms with Gasteiger partial charge in [-0.2, -0.15) is 0 Å². The number of hydrogen-bond donors (Lipinski definition) is 14. The van der Waals surface area contributed by atoms with Crippen LogP contribution in [0.15, 0.2) is 91.4 Å². The summed E-state index contributed by atoms with van der Waals surface area (Å²) in [5.41, 5.74) is 16.5. The number of carbonyl (C=O) groups excluding carboxylic acids is 6. The average molecular weight is 1060 g/mol. The molecule has 0 saturated carbocycles. The van der Waals surface area contributed by atoms with Gasteiger partial charge in [0.25, 0.3) is 0 Å². The number of aliphatic carboxylic acids is 1. The molecule has 0 unspecified atom stereocenters. The molecule has 6 rings (SSSR count). The standard InChI is InChI=1S/C56H75N13O8/c1-7-32(6)48(69-49(70)39(57)24-33-27-61-40-18-11-8-15-36(33)40)54(75)67-46(26-35-29-63-42-20-13-10-17-38(35)42)52(73)68-47(31(4)5)53(74)66-44(23-30(2)3)50(71)65-45(25-34-28-62-41-19-12-9-16-37(34)41)51(72)64-43(55(76)77)21-14-22-60-56(58)59/h8-13,15-20,27-32,39,43-48,61-63H,7,14,21-26,57H2,1-6H3,(H,64,72)(H,65,71)(H,66,74)(H,67,75)(H,68,73)(H,69,70)(H,76,77)(H4,58,59,60)/t32-,39-,43-,44-,45-,46-,47-,48-/m0/s1. The second kappa shape index (κ2) is 27.0. The van der Waals surface area contributed by atoms with Crippen LogP contribution in [0.1, 0.15) is 83.9 Å². The first-order valence-electron chi connectivity index (χ1n) is 26.3. The molecule has 6 amide bonds. The van der Waals surface area contributed by atoms with Crippen LogP contribution >= 0.6 is 0 Å². The Hall–Kier alpha value is -8.20. The van der Waals surface area contributed by atoms with Gasteiger partial charge in [-0.05, 0) is 78.3 Å². The number of benzene rings is 3. The molecule has 0 aliphatic rings. The van der Waals surface area contributed by atoms with E-state index in [4.69, 9.17) is 16.9 Å². The largest absolute Gasteiger partial charge is 0.480 e. The highest BCUT2D eigenvalue weighted by Crippen LogP contribution is 2.23. The van der Waals surface area contributed by atoms with Crippen molar-refractivity contribution in [3.8, 4) is 0 Å². The smallest absolute Gasteiger partial charge is 0.326 e. The first-order valence-corrected chi connectivity index (χ1v) is 26.3. The molecule has 3 aromatic heterocycles. The topological polar surface area (TPSA) is 347 Å². The van der Waals surface area contributed by atoms with Crippen LogP contribution in [0.25, 0.3) is 32.7 Å². The lowest BCUT2D eigenvalue weighted by Gasteiger charge is -2.30. The second-order valence-electron chi connectivity index (χ2n) is 20.6. The fourth-order valence-corrected chi connectivity index (χ4v) is 9.40. The number of carboxylic acids is 1. The fraction of sp³-hybridized carbons (Fsp3) is 0.429. The van der Waals surface area contributed by atoms with Gasteiger partial charge in [0.1, 0.15) is 36.3 Å². The Morgan fingerprint density at radius 2 is 0.974 bits per heavy atom. The maximum absolute atomic E-state index is 14.7. The Bertz CT molecular complexity index is 3030. The molecular weight excluding hydrogens is 983 g/mol. The summed E-state index contributed by atoms with van der Waals surface area (Å²) in [6.07, 6.45) is 6.27. The maximum Gasteiger partial charge on any atom is 0.326 e. The van der Waals surface area contributed by atoms with Crippen molar-refractivity contribution in [3.63, 3.8) is 0 Å². The van der Waals surface area contributed by atoms with Gasteiger partial charge in [0.2, 0.25) is 35.4 Å². The van der Waals surface area contributed by atoms with Crippen LogP contribution in [0.3, 0.4) is 0 Å². The number of aromatic nitrogens is 3. The van der Waals surface area contributed by atoms with Gasteiger partial charge < -0.3 is 68.7 Å². The Balaban J connectivity index is 1.22. The molecule has 16 N–H and O–H groups in total. The lowest BCUT2D eigenvalue weighted by molar-refractivity contribution is -0.142. The summed E-state index contributed by atoms with van der Waals surface area (Å²) in [5.74, 6) is -6.74. The van der Waals surface area contributed by atoms with Gasteiger partial charge >= 0.3 is 5.97 Å². The lowest BCUT2D eigenvalue weighted by atomic mass is 9.96. The molecule has 3 aromatic carbocycles. The first-order chi connectivity index (χ1) is 36.7. The molecule has 0 aliphatic carbocycles. The first kappa shape index (κ1) is 58.1. The normalized spacial score (nSPS) is 14.7. The molecule has 0 fully saturated rings. The van der Waals surface area contributed by atoms with Crippen LogP contribution < -0.4 is 48.7 Å². The van der Waals surface area contributed by atoms with Crippen molar-refractivity contribution in [2.75, 3.05) is 6.54 Å². The number of nitrogens with two attached hydrogens (primary N) is 2. The predicted octanol–water partition coefficient (Wildman–Crippen LogP) is 3.49. The monoisotopic (exact) mass is 1060 g/mol. The van der Waals surface area contributed by atoms with Gasteiger partial charge in [-0.1, -0.05) is 103 Å². The fourth-order valence-electron chi connectivity index (χ4n) is 9.40. The van der Waals surface area contributed by atoms with E-state index in [1.165, 1.54) is 0 Å². The van der Waals surface area contributed by atoms with Crippen molar-refractivity contribution < 1.29 is 38.7 Å². The van der Waals surface area contributed by atoms with E-state index in [9.17, 15) is 38.7 Å². The van der Waals surface area contributed by atoms with E-state index in [1.807, 2.05) is 100 Å². The Morgan fingerprint density at radius 3 is 1.44 bits per heavy atom. The number of carboxylic acid groups (broad SMARTS) is 1. The molecule has 0 radical (unpaired) electrons. The number of H-pyrrole nitrogens is 3. The summed E-state index contributed by atoms with van der Waals surface area (Å²) < 4.78 is 0. The minimum atomic E-state index is -1.34. The molecule has 8 atom stereocenters.